The Morgan fingerprint density at radius 1 is 1.07 bits per heavy atom. The first kappa shape index (κ1) is 23.6. The van der Waals surface area contributed by atoms with E-state index in [1.54, 1.807) is 23.8 Å². The molecule has 0 unspecified atom stereocenters. The molecule has 0 atom stereocenters. The number of aromatic nitrogens is 1. The molecule has 0 saturated heterocycles. The van der Waals surface area contributed by atoms with Crippen molar-refractivity contribution in [3.05, 3.63) is 28.2 Å². The van der Waals surface area contributed by atoms with Crippen molar-refractivity contribution in [3.63, 3.8) is 0 Å². The van der Waals surface area contributed by atoms with Gasteiger partial charge in [0, 0.05) is 18.3 Å². The Labute approximate surface area is 178 Å². The molecule has 0 aromatic carbocycles. The van der Waals surface area contributed by atoms with Crippen molar-refractivity contribution >= 4 is 5.97 Å². The molecular formula is C23H33NO6. The van der Waals surface area contributed by atoms with Crippen LogP contribution in [0.15, 0.2) is 17.1 Å². The van der Waals surface area contributed by atoms with Crippen molar-refractivity contribution in [2.75, 3.05) is 27.4 Å². The summed E-state index contributed by atoms with van der Waals surface area (Å²) in [5.41, 5.74) is 0.727. The SMILES string of the molecule is CCCCOc1c2cc(OC)c(OC)c(=O)c-2cn(CC(C)(C)C)c1C(=O)OCC. The third kappa shape index (κ3) is 5.07. The van der Waals surface area contributed by atoms with E-state index in [2.05, 4.69) is 27.7 Å². The smallest absolute Gasteiger partial charge is 0.358 e. The summed E-state index contributed by atoms with van der Waals surface area (Å²) in [6.07, 6.45) is 3.44. The average molecular weight is 420 g/mol. The zero-order valence-corrected chi connectivity index (χ0v) is 19.1. The van der Waals surface area contributed by atoms with Gasteiger partial charge in [0.05, 0.1) is 33.0 Å². The highest BCUT2D eigenvalue weighted by molar-refractivity contribution is 5.95. The highest BCUT2D eigenvalue weighted by atomic mass is 16.5. The van der Waals surface area contributed by atoms with E-state index in [4.69, 9.17) is 18.9 Å². The fourth-order valence-electron chi connectivity index (χ4n) is 3.28. The van der Waals surface area contributed by atoms with Crippen molar-refractivity contribution < 1.29 is 23.7 Å². The van der Waals surface area contributed by atoms with Crippen LogP contribution >= 0.6 is 0 Å². The number of ether oxygens (including phenoxy) is 4. The number of hydrogen-bond acceptors (Lipinski definition) is 6. The number of carbonyl (C=O) groups excluding carboxylic acids is 1. The lowest BCUT2D eigenvalue weighted by Gasteiger charge is -2.27. The van der Waals surface area contributed by atoms with Crippen LogP contribution in [-0.4, -0.2) is 38.0 Å². The number of hydrogen-bond donors (Lipinski definition) is 0. The molecule has 0 radical (unpaired) electrons. The summed E-state index contributed by atoms with van der Waals surface area (Å²) in [5, 5.41) is 0. The number of unbranched alkanes of at least 4 members (excludes halogenated alkanes) is 1. The van der Waals surface area contributed by atoms with E-state index in [1.165, 1.54) is 14.2 Å². The quantitative estimate of drug-likeness (QED) is 0.444. The van der Waals surface area contributed by atoms with E-state index in [0.29, 0.717) is 41.5 Å². The number of methoxy groups -OCH3 is 2. The van der Waals surface area contributed by atoms with E-state index in [0.717, 1.165) is 12.8 Å². The van der Waals surface area contributed by atoms with E-state index in [1.807, 2.05) is 0 Å². The number of benzene rings is 1. The van der Waals surface area contributed by atoms with E-state index < -0.39 is 5.97 Å². The molecule has 0 amide bonds. The number of pyridine rings is 1. The molecule has 0 saturated carbocycles. The molecule has 7 heteroatoms. The van der Waals surface area contributed by atoms with Crippen molar-refractivity contribution in [1.29, 1.82) is 0 Å². The molecule has 0 fully saturated rings. The van der Waals surface area contributed by atoms with Gasteiger partial charge in [-0.25, -0.2) is 4.79 Å². The van der Waals surface area contributed by atoms with Gasteiger partial charge in [0.2, 0.25) is 11.2 Å². The highest BCUT2D eigenvalue weighted by Gasteiger charge is 2.30. The van der Waals surface area contributed by atoms with Crippen LogP contribution < -0.4 is 19.6 Å². The largest absolute Gasteiger partial charge is 0.493 e. The molecule has 30 heavy (non-hydrogen) atoms. The lowest BCUT2D eigenvalue weighted by molar-refractivity contribution is 0.0504. The van der Waals surface area contributed by atoms with Gasteiger partial charge >= 0.3 is 5.97 Å². The minimum absolute atomic E-state index is 0.121. The monoisotopic (exact) mass is 419 g/mol. The van der Waals surface area contributed by atoms with Gasteiger partial charge in [0.1, 0.15) is 0 Å². The fraction of sp³-hybridized carbons (Fsp3) is 0.565. The van der Waals surface area contributed by atoms with E-state index >= 15 is 0 Å². The summed E-state index contributed by atoms with van der Waals surface area (Å²) < 4.78 is 23.8. The van der Waals surface area contributed by atoms with Crippen molar-refractivity contribution in [1.82, 2.24) is 4.57 Å². The molecule has 0 spiro atoms. The first-order valence-electron chi connectivity index (χ1n) is 10.3. The number of rotatable bonds is 9. The fourth-order valence-corrected chi connectivity index (χ4v) is 3.28. The number of esters is 1. The maximum atomic E-state index is 13.2. The van der Waals surface area contributed by atoms with Crippen LogP contribution in [0.2, 0.25) is 0 Å². The Bertz CT molecular complexity index is 909. The molecule has 7 nitrogen and oxygen atoms in total. The van der Waals surface area contributed by atoms with Gasteiger partial charge in [-0.05, 0) is 24.8 Å². The molecule has 1 heterocycles. The van der Waals surface area contributed by atoms with Crippen LogP contribution in [0.25, 0.3) is 11.1 Å². The van der Waals surface area contributed by atoms with Gasteiger partial charge in [-0.15, -0.1) is 0 Å². The van der Waals surface area contributed by atoms with Crippen LogP contribution in [0.1, 0.15) is 57.9 Å². The molecule has 1 aliphatic heterocycles. The Balaban J connectivity index is 2.92. The maximum absolute atomic E-state index is 13.2. The molecular weight excluding hydrogens is 386 g/mol. The maximum Gasteiger partial charge on any atom is 0.358 e. The predicted octanol–water partition coefficient (Wildman–Crippen LogP) is 4.37. The minimum atomic E-state index is -0.489. The summed E-state index contributed by atoms with van der Waals surface area (Å²) in [4.78, 5) is 26.1. The van der Waals surface area contributed by atoms with Crippen molar-refractivity contribution in [2.24, 2.45) is 5.41 Å². The van der Waals surface area contributed by atoms with Crippen LogP contribution in [0.5, 0.6) is 17.2 Å². The molecule has 2 aliphatic rings. The van der Waals surface area contributed by atoms with Crippen molar-refractivity contribution in [3.8, 4) is 28.4 Å². The standard InChI is InChI=1S/C23H33NO6/c1-8-10-11-30-20-15-12-17(27-6)21(28-7)19(25)16(15)13-24(14-23(3,4)5)18(20)22(26)29-9-2/h12-13H,8-11,14H2,1-7H3. The summed E-state index contributed by atoms with van der Waals surface area (Å²) >= 11 is 0. The third-order valence-corrected chi connectivity index (χ3v) is 4.55. The second kappa shape index (κ2) is 9.87. The summed E-state index contributed by atoms with van der Waals surface area (Å²) in [6, 6.07) is 1.68. The Kier molecular flexibility index (Phi) is 7.76. The summed E-state index contributed by atoms with van der Waals surface area (Å²) in [6.45, 7) is 11.1. The number of nitrogens with zero attached hydrogens (tertiary/aromatic N) is 1. The van der Waals surface area contributed by atoms with Gasteiger partial charge in [0.15, 0.2) is 17.2 Å². The van der Waals surface area contributed by atoms with Crippen LogP contribution in [0.3, 0.4) is 0 Å². The van der Waals surface area contributed by atoms with Gasteiger partial charge in [0.25, 0.3) is 0 Å². The summed E-state index contributed by atoms with van der Waals surface area (Å²) in [7, 11) is 2.90. The molecule has 0 N–H and O–H groups in total. The molecule has 0 aromatic rings. The Morgan fingerprint density at radius 2 is 1.77 bits per heavy atom. The molecule has 2 rings (SSSR count). The topological polar surface area (TPSA) is 76.0 Å². The zero-order valence-electron chi connectivity index (χ0n) is 19.1. The van der Waals surface area contributed by atoms with Gasteiger partial charge in [-0.1, -0.05) is 34.1 Å². The van der Waals surface area contributed by atoms with E-state index in [-0.39, 0.29) is 23.2 Å². The lowest BCUT2D eigenvalue weighted by Crippen LogP contribution is -2.25. The summed E-state index contributed by atoms with van der Waals surface area (Å²) in [5.74, 6) is 0.258. The number of fused-ring (bicyclic) bond motifs is 1. The molecule has 1 aliphatic carbocycles. The second-order valence-corrected chi connectivity index (χ2v) is 8.32. The normalized spacial score (nSPS) is 11.4. The molecule has 166 valence electrons. The average Bonchev–Trinajstić information content (AvgIpc) is 2.67. The minimum Gasteiger partial charge on any atom is -0.493 e. The van der Waals surface area contributed by atoms with Gasteiger partial charge < -0.3 is 23.5 Å². The first-order valence-corrected chi connectivity index (χ1v) is 10.3. The first-order chi connectivity index (χ1) is 14.2. The predicted molar refractivity (Wildman–Crippen MR) is 116 cm³/mol. The Hall–Kier alpha value is -2.70. The highest BCUT2D eigenvalue weighted by Crippen LogP contribution is 2.40. The van der Waals surface area contributed by atoms with Crippen LogP contribution in [0, 0.1) is 5.41 Å². The van der Waals surface area contributed by atoms with Crippen LogP contribution in [0.4, 0.5) is 0 Å². The van der Waals surface area contributed by atoms with Crippen LogP contribution in [-0.2, 0) is 11.3 Å². The number of carbonyl (C=O) groups is 1. The van der Waals surface area contributed by atoms with Gasteiger partial charge in [-0.2, -0.15) is 0 Å². The lowest BCUT2D eigenvalue weighted by atomic mass is 9.95. The Morgan fingerprint density at radius 3 is 2.30 bits per heavy atom. The van der Waals surface area contributed by atoms with E-state index in [9.17, 15) is 9.59 Å². The van der Waals surface area contributed by atoms with Crippen molar-refractivity contribution in [2.45, 2.75) is 54.0 Å². The third-order valence-electron chi connectivity index (χ3n) is 4.55. The second-order valence-electron chi connectivity index (χ2n) is 8.32. The van der Waals surface area contributed by atoms with Gasteiger partial charge in [-0.3, -0.25) is 4.79 Å². The zero-order chi connectivity index (χ0) is 22.5. The molecule has 0 bridgehead atoms. The molecule has 0 aromatic heterocycles.